The molecule has 0 bridgehead atoms. The van der Waals surface area contributed by atoms with E-state index in [-0.39, 0.29) is 36.6 Å². The van der Waals surface area contributed by atoms with E-state index in [0.717, 1.165) is 0 Å². The van der Waals surface area contributed by atoms with Gasteiger partial charge in [0.2, 0.25) is 0 Å². The highest BCUT2D eigenvalue weighted by Gasteiger charge is 2.28. The fourth-order valence-electron chi connectivity index (χ4n) is 1.73. The lowest BCUT2D eigenvalue weighted by Gasteiger charge is -2.26. The largest absolute Gasteiger partial charge is 0.486 e. The van der Waals surface area contributed by atoms with Gasteiger partial charge in [-0.15, -0.1) is 0 Å². The van der Waals surface area contributed by atoms with Crippen LogP contribution in [0, 0.1) is 21.4 Å². The van der Waals surface area contributed by atoms with Crippen molar-refractivity contribution >= 4 is 5.69 Å². The van der Waals surface area contributed by atoms with Gasteiger partial charge in [-0.2, -0.15) is 5.26 Å². The molecule has 0 saturated carbocycles. The van der Waals surface area contributed by atoms with Gasteiger partial charge in [0.05, 0.1) is 29.6 Å². The summed E-state index contributed by atoms with van der Waals surface area (Å²) in [6, 6.07) is 4.58. The fraction of sp³-hybridized carbons (Fsp3) is 0.364. The Bertz CT molecular complexity index is 523. The number of hydrogen-bond acceptors (Lipinski definition) is 6. The SMILES string of the molecule is N#CCc1c([N+](=O)[O-])ccc2c1OC(CO)CO2. The van der Waals surface area contributed by atoms with Gasteiger partial charge < -0.3 is 14.6 Å². The van der Waals surface area contributed by atoms with Crippen LogP contribution in [0.2, 0.25) is 0 Å². The molecule has 0 radical (unpaired) electrons. The molecule has 94 valence electrons. The molecule has 0 saturated heterocycles. The van der Waals surface area contributed by atoms with Crippen LogP contribution in [0.1, 0.15) is 5.56 Å². The summed E-state index contributed by atoms with van der Waals surface area (Å²) in [5.41, 5.74) is -0.00404. The number of aliphatic hydroxyl groups is 1. The van der Waals surface area contributed by atoms with E-state index in [1.54, 1.807) is 0 Å². The average Bonchev–Trinajstić information content (AvgIpc) is 2.38. The molecule has 1 aliphatic heterocycles. The molecule has 0 fully saturated rings. The molecule has 1 heterocycles. The van der Waals surface area contributed by atoms with E-state index in [4.69, 9.17) is 19.8 Å². The van der Waals surface area contributed by atoms with Crippen LogP contribution in [0.25, 0.3) is 0 Å². The lowest BCUT2D eigenvalue weighted by Crippen LogP contribution is -2.32. The zero-order chi connectivity index (χ0) is 13.1. The van der Waals surface area contributed by atoms with E-state index in [0.29, 0.717) is 5.75 Å². The second-order valence-corrected chi connectivity index (χ2v) is 3.72. The Kier molecular flexibility index (Phi) is 3.30. The van der Waals surface area contributed by atoms with Crippen LogP contribution in [-0.2, 0) is 6.42 Å². The van der Waals surface area contributed by atoms with E-state index in [1.807, 2.05) is 6.07 Å². The van der Waals surface area contributed by atoms with Crippen molar-refractivity contribution in [1.29, 1.82) is 5.26 Å². The Morgan fingerprint density at radius 3 is 3.00 bits per heavy atom. The maximum atomic E-state index is 10.9. The van der Waals surface area contributed by atoms with Gasteiger partial charge in [-0.1, -0.05) is 0 Å². The predicted molar refractivity (Wildman–Crippen MR) is 59.4 cm³/mol. The van der Waals surface area contributed by atoms with Crippen LogP contribution in [0.4, 0.5) is 5.69 Å². The topological polar surface area (TPSA) is 106 Å². The molecule has 7 heteroatoms. The Morgan fingerprint density at radius 1 is 1.61 bits per heavy atom. The lowest BCUT2D eigenvalue weighted by molar-refractivity contribution is -0.385. The van der Waals surface area contributed by atoms with Crippen molar-refractivity contribution in [2.24, 2.45) is 0 Å². The molecule has 18 heavy (non-hydrogen) atoms. The summed E-state index contributed by atoms with van der Waals surface area (Å²) < 4.78 is 10.8. The molecular weight excluding hydrogens is 240 g/mol. The Balaban J connectivity index is 2.51. The molecule has 1 N–H and O–H groups in total. The Hall–Kier alpha value is -2.33. The van der Waals surface area contributed by atoms with Crippen molar-refractivity contribution in [3.05, 3.63) is 27.8 Å². The number of benzene rings is 1. The summed E-state index contributed by atoms with van der Waals surface area (Å²) in [5, 5.41) is 28.6. The lowest BCUT2D eigenvalue weighted by atomic mass is 10.1. The third kappa shape index (κ3) is 2.06. The second-order valence-electron chi connectivity index (χ2n) is 3.72. The van der Waals surface area contributed by atoms with E-state index in [9.17, 15) is 10.1 Å². The second kappa shape index (κ2) is 4.89. The minimum atomic E-state index is -0.572. The standard InChI is InChI=1S/C11H10N2O5/c12-4-3-8-9(13(15)16)1-2-10-11(8)18-7(5-14)6-17-10/h1-2,7,14H,3,5-6H2. The molecule has 0 spiro atoms. The summed E-state index contributed by atoms with van der Waals surface area (Å²) in [4.78, 5) is 10.3. The van der Waals surface area contributed by atoms with Gasteiger partial charge in [0, 0.05) is 6.07 Å². The number of rotatable bonds is 3. The number of nitro groups is 1. The number of fused-ring (bicyclic) bond motifs is 1. The monoisotopic (exact) mass is 250 g/mol. The molecule has 0 aliphatic carbocycles. The molecule has 1 aliphatic rings. The maximum Gasteiger partial charge on any atom is 0.277 e. The van der Waals surface area contributed by atoms with Crippen LogP contribution in [0.15, 0.2) is 12.1 Å². The summed E-state index contributed by atoms with van der Waals surface area (Å²) >= 11 is 0. The van der Waals surface area contributed by atoms with Gasteiger partial charge in [0.1, 0.15) is 6.61 Å². The molecule has 1 aromatic rings. The highest BCUT2D eigenvalue weighted by atomic mass is 16.6. The van der Waals surface area contributed by atoms with Gasteiger partial charge in [-0.25, -0.2) is 0 Å². The van der Waals surface area contributed by atoms with Crippen LogP contribution in [0.5, 0.6) is 11.5 Å². The number of aliphatic hydroxyl groups excluding tert-OH is 1. The molecular formula is C11H10N2O5. The van der Waals surface area contributed by atoms with E-state index in [2.05, 4.69) is 0 Å². The van der Waals surface area contributed by atoms with Crippen molar-refractivity contribution in [3.8, 4) is 17.6 Å². The average molecular weight is 250 g/mol. The molecule has 1 atom stereocenters. The first kappa shape index (κ1) is 12.1. The van der Waals surface area contributed by atoms with Crippen molar-refractivity contribution in [2.45, 2.75) is 12.5 Å². The van der Waals surface area contributed by atoms with Gasteiger partial charge in [0.15, 0.2) is 17.6 Å². The number of nitriles is 1. The highest BCUT2D eigenvalue weighted by molar-refractivity contribution is 5.58. The zero-order valence-electron chi connectivity index (χ0n) is 9.33. The van der Waals surface area contributed by atoms with Crippen LogP contribution < -0.4 is 9.47 Å². The van der Waals surface area contributed by atoms with Crippen molar-refractivity contribution < 1.29 is 19.5 Å². The van der Waals surface area contributed by atoms with Crippen LogP contribution in [-0.4, -0.2) is 29.3 Å². The number of nitrogens with zero attached hydrogens (tertiary/aromatic N) is 2. The quantitative estimate of drug-likeness (QED) is 0.628. The van der Waals surface area contributed by atoms with E-state index < -0.39 is 11.0 Å². The molecule has 1 unspecified atom stereocenters. The van der Waals surface area contributed by atoms with Crippen LogP contribution >= 0.6 is 0 Å². The highest BCUT2D eigenvalue weighted by Crippen LogP contribution is 2.40. The molecule has 7 nitrogen and oxygen atoms in total. The summed E-state index contributed by atoms with van der Waals surface area (Å²) in [5.74, 6) is 0.534. The fourth-order valence-corrected chi connectivity index (χ4v) is 1.73. The Morgan fingerprint density at radius 2 is 2.39 bits per heavy atom. The van der Waals surface area contributed by atoms with Crippen LogP contribution in [0.3, 0.4) is 0 Å². The summed E-state index contributed by atoms with van der Waals surface area (Å²) in [6.45, 7) is -0.0819. The van der Waals surface area contributed by atoms with E-state index in [1.165, 1.54) is 12.1 Å². The smallest absolute Gasteiger partial charge is 0.277 e. The maximum absolute atomic E-state index is 10.9. The molecule has 2 rings (SSSR count). The first-order valence-corrected chi connectivity index (χ1v) is 5.25. The number of hydrogen-bond donors (Lipinski definition) is 1. The number of ether oxygens (including phenoxy) is 2. The number of nitro benzene ring substituents is 1. The molecule has 0 aromatic heterocycles. The van der Waals surface area contributed by atoms with Gasteiger partial charge in [-0.05, 0) is 6.07 Å². The van der Waals surface area contributed by atoms with Gasteiger partial charge in [0.25, 0.3) is 5.69 Å². The van der Waals surface area contributed by atoms with Crippen molar-refractivity contribution in [3.63, 3.8) is 0 Å². The Labute approximate surface area is 102 Å². The first-order chi connectivity index (χ1) is 8.67. The minimum absolute atomic E-state index is 0.152. The predicted octanol–water partition coefficient (Wildman–Crippen LogP) is 0.793. The zero-order valence-corrected chi connectivity index (χ0v) is 9.33. The van der Waals surface area contributed by atoms with Crippen molar-refractivity contribution in [2.75, 3.05) is 13.2 Å². The third-order valence-electron chi connectivity index (χ3n) is 2.57. The first-order valence-electron chi connectivity index (χ1n) is 5.25. The summed E-state index contributed by atoms with van der Waals surface area (Å²) in [7, 11) is 0. The summed E-state index contributed by atoms with van der Waals surface area (Å²) in [6.07, 6.45) is -0.724. The van der Waals surface area contributed by atoms with E-state index >= 15 is 0 Å². The normalized spacial score (nSPS) is 17.0. The molecule has 0 amide bonds. The van der Waals surface area contributed by atoms with Gasteiger partial charge in [-0.3, -0.25) is 10.1 Å². The third-order valence-corrected chi connectivity index (χ3v) is 2.57. The molecule has 1 aromatic carbocycles. The van der Waals surface area contributed by atoms with Crippen molar-refractivity contribution in [1.82, 2.24) is 0 Å². The minimum Gasteiger partial charge on any atom is -0.486 e. The van der Waals surface area contributed by atoms with Gasteiger partial charge >= 0.3 is 0 Å².